The molecule has 0 bridgehead atoms. The maximum Gasteiger partial charge on any atom is 0.0551 e. The van der Waals surface area contributed by atoms with E-state index in [-0.39, 0.29) is 0 Å². The summed E-state index contributed by atoms with van der Waals surface area (Å²) in [4.78, 5) is 0. The van der Waals surface area contributed by atoms with Crippen LogP contribution >= 0.6 is 0 Å². The molecule has 1 N–H and O–H groups in total. The average molecular weight is 209 g/mol. The lowest BCUT2D eigenvalue weighted by Crippen LogP contribution is -2.36. The molecule has 3 unspecified atom stereocenters. The van der Waals surface area contributed by atoms with E-state index in [1.165, 1.54) is 12.8 Å². The van der Waals surface area contributed by atoms with Gasteiger partial charge in [0.25, 0.3) is 0 Å². The van der Waals surface area contributed by atoms with Crippen molar-refractivity contribution in [3.8, 4) is 12.3 Å². The molecule has 0 aromatic heterocycles. The highest BCUT2D eigenvalue weighted by molar-refractivity contribution is 4.86. The summed E-state index contributed by atoms with van der Waals surface area (Å²) in [5.41, 5.74) is 0. The van der Waals surface area contributed by atoms with Gasteiger partial charge in [-0.1, -0.05) is 6.92 Å². The van der Waals surface area contributed by atoms with Crippen LogP contribution in [0.1, 0.15) is 39.5 Å². The first kappa shape index (κ1) is 12.5. The minimum atomic E-state index is 0.434. The Morgan fingerprint density at radius 2 is 2.40 bits per heavy atom. The Morgan fingerprint density at radius 3 is 2.93 bits per heavy atom. The van der Waals surface area contributed by atoms with E-state index in [0.717, 1.165) is 26.0 Å². The molecule has 2 heteroatoms. The van der Waals surface area contributed by atoms with Crippen molar-refractivity contribution in [2.24, 2.45) is 5.92 Å². The maximum absolute atomic E-state index is 5.62. The molecule has 1 saturated heterocycles. The minimum Gasteiger partial charge on any atom is -0.378 e. The van der Waals surface area contributed by atoms with Crippen molar-refractivity contribution in [1.29, 1.82) is 0 Å². The smallest absolute Gasteiger partial charge is 0.0551 e. The van der Waals surface area contributed by atoms with Gasteiger partial charge >= 0.3 is 0 Å². The van der Waals surface area contributed by atoms with Crippen molar-refractivity contribution in [3.63, 3.8) is 0 Å². The molecule has 1 aliphatic heterocycles. The van der Waals surface area contributed by atoms with Crippen LogP contribution < -0.4 is 5.32 Å². The van der Waals surface area contributed by atoms with Gasteiger partial charge in [-0.3, -0.25) is 0 Å². The molecule has 0 amide bonds. The molecule has 0 saturated carbocycles. The Kier molecular flexibility index (Phi) is 5.75. The molecule has 2 nitrogen and oxygen atoms in total. The van der Waals surface area contributed by atoms with Gasteiger partial charge in [-0.25, -0.2) is 0 Å². The van der Waals surface area contributed by atoms with Crippen LogP contribution in [0.4, 0.5) is 0 Å². The molecule has 15 heavy (non-hydrogen) atoms. The molecule has 0 aromatic rings. The second-order valence-corrected chi connectivity index (χ2v) is 4.40. The Balaban J connectivity index is 2.32. The SMILES string of the molecule is C#CCCCC(NCC)C1COC(C)C1. The number of rotatable bonds is 6. The molecule has 0 aromatic carbocycles. The van der Waals surface area contributed by atoms with Gasteiger partial charge in [-0.15, -0.1) is 12.3 Å². The molecular formula is C13H23NO. The van der Waals surface area contributed by atoms with Crippen molar-refractivity contribution < 1.29 is 4.74 Å². The molecular weight excluding hydrogens is 186 g/mol. The quantitative estimate of drug-likeness (QED) is 0.535. The standard InChI is InChI=1S/C13H23NO/c1-4-6-7-8-13(14-5-2)12-9-11(3)15-10-12/h1,11-14H,5-10H2,2-3H3. The molecule has 3 atom stereocenters. The van der Waals surface area contributed by atoms with Crippen LogP contribution in [-0.2, 0) is 4.74 Å². The van der Waals surface area contributed by atoms with Gasteiger partial charge in [0.15, 0.2) is 0 Å². The second-order valence-electron chi connectivity index (χ2n) is 4.40. The Morgan fingerprint density at radius 1 is 1.60 bits per heavy atom. The summed E-state index contributed by atoms with van der Waals surface area (Å²) >= 11 is 0. The predicted octanol–water partition coefficient (Wildman–Crippen LogP) is 2.19. The number of ether oxygens (including phenoxy) is 1. The highest BCUT2D eigenvalue weighted by Crippen LogP contribution is 2.24. The fourth-order valence-electron chi connectivity index (χ4n) is 2.32. The Hall–Kier alpha value is -0.520. The van der Waals surface area contributed by atoms with E-state index in [1.54, 1.807) is 0 Å². The minimum absolute atomic E-state index is 0.434. The van der Waals surface area contributed by atoms with Crippen LogP contribution in [0.5, 0.6) is 0 Å². The van der Waals surface area contributed by atoms with Crippen LogP contribution in [0.15, 0.2) is 0 Å². The zero-order valence-electron chi connectivity index (χ0n) is 9.96. The van der Waals surface area contributed by atoms with Gasteiger partial charge in [-0.2, -0.15) is 0 Å². The normalized spacial score (nSPS) is 27.5. The van der Waals surface area contributed by atoms with Crippen molar-refractivity contribution in [2.75, 3.05) is 13.2 Å². The predicted molar refractivity (Wildman–Crippen MR) is 63.7 cm³/mol. The Labute approximate surface area is 93.8 Å². The van der Waals surface area contributed by atoms with Gasteiger partial charge in [0, 0.05) is 18.4 Å². The summed E-state index contributed by atoms with van der Waals surface area (Å²) in [5, 5.41) is 3.56. The number of unbranched alkanes of at least 4 members (excludes halogenated alkanes) is 1. The monoisotopic (exact) mass is 209 g/mol. The topological polar surface area (TPSA) is 21.3 Å². The summed E-state index contributed by atoms with van der Waals surface area (Å²) in [5.74, 6) is 3.38. The lowest BCUT2D eigenvalue weighted by atomic mass is 9.93. The zero-order valence-corrected chi connectivity index (χ0v) is 9.96. The average Bonchev–Trinajstić information content (AvgIpc) is 2.64. The molecule has 0 radical (unpaired) electrons. The van der Waals surface area contributed by atoms with Crippen molar-refractivity contribution >= 4 is 0 Å². The molecule has 0 spiro atoms. The van der Waals surface area contributed by atoms with Gasteiger partial charge in [0.05, 0.1) is 12.7 Å². The first-order valence-corrected chi connectivity index (χ1v) is 6.06. The van der Waals surface area contributed by atoms with E-state index >= 15 is 0 Å². The van der Waals surface area contributed by atoms with E-state index in [9.17, 15) is 0 Å². The van der Waals surface area contributed by atoms with E-state index < -0.39 is 0 Å². The summed E-state index contributed by atoms with van der Waals surface area (Å²) < 4.78 is 5.62. The fraction of sp³-hybridized carbons (Fsp3) is 0.846. The maximum atomic E-state index is 5.62. The highest BCUT2D eigenvalue weighted by atomic mass is 16.5. The summed E-state index contributed by atoms with van der Waals surface area (Å²) in [7, 11) is 0. The Bertz CT molecular complexity index is 209. The fourth-order valence-corrected chi connectivity index (χ4v) is 2.32. The van der Waals surface area contributed by atoms with E-state index in [1.807, 2.05) is 0 Å². The third kappa shape index (κ3) is 4.24. The summed E-state index contributed by atoms with van der Waals surface area (Å²) in [6.07, 6.45) is 10.1. The third-order valence-electron chi connectivity index (χ3n) is 3.10. The van der Waals surface area contributed by atoms with Crippen molar-refractivity contribution in [3.05, 3.63) is 0 Å². The molecule has 0 aliphatic carbocycles. The number of nitrogens with one attached hydrogen (secondary N) is 1. The van der Waals surface area contributed by atoms with E-state index in [0.29, 0.717) is 18.1 Å². The van der Waals surface area contributed by atoms with Crippen molar-refractivity contribution in [1.82, 2.24) is 5.32 Å². The largest absolute Gasteiger partial charge is 0.378 e. The number of terminal acetylenes is 1. The molecule has 1 rings (SSSR count). The first-order valence-electron chi connectivity index (χ1n) is 6.06. The van der Waals surface area contributed by atoms with Gasteiger partial charge in [0.1, 0.15) is 0 Å². The lowest BCUT2D eigenvalue weighted by molar-refractivity contribution is 0.116. The van der Waals surface area contributed by atoms with Crippen LogP contribution in [0.2, 0.25) is 0 Å². The lowest BCUT2D eigenvalue weighted by Gasteiger charge is -2.23. The number of hydrogen-bond acceptors (Lipinski definition) is 2. The molecule has 1 heterocycles. The van der Waals surface area contributed by atoms with Gasteiger partial charge in [0.2, 0.25) is 0 Å². The van der Waals surface area contributed by atoms with E-state index in [4.69, 9.17) is 11.2 Å². The molecule has 1 aliphatic rings. The van der Waals surface area contributed by atoms with Crippen LogP contribution in [0.3, 0.4) is 0 Å². The highest BCUT2D eigenvalue weighted by Gasteiger charge is 2.28. The van der Waals surface area contributed by atoms with Gasteiger partial charge in [-0.05, 0) is 32.7 Å². The summed E-state index contributed by atoms with van der Waals surface area (Å²) in [6.45, 7) is 6.26. The van der Waals surface area contributed by atoms with Crippen molar-refractivity contribution in [2.45, 2.75) is 51.7 Å². The van der Waals surface area contributed by atoms with Crippen LogP contribution in [0.25, 0.3) is 0 Å². The number of hydrogen-bond donors (Lipinski definition) is 1. The van der Waals surface area contributed by atoms with Crippen LogP contribution in [0, 0.1) is 18.3 Å². The zero-order chi connectivity index (χ0) is 11.1. The van der Waals surface area contributed by atoms with Crippen LogP contribution in [-0.4, -0.2) is 25.3 Å². The molecule has 86 valence electrons. The molecule has 1 fully saturated rings. The first-order chi connectivity index (χ1) is 7.27. The van der Waals surface area contributed by atoms with Gasteiger partial charge < -0.3 is 10.1 Å². The third-order valence-corrected chi connectivity index (χ3v) is 3.10. The summed E-state index contributed by atoms with van der Waals surface area (Å²) in [6, 6.07) is 0.591. The van der Waals surface area contributed by atoms with E-state index in [2.05, 4.69) is 25.1 Å². The second kappa shape index (κ2) is 6.87.